The second kappa shape index (κ2) is 7.50. The fourth-order valence-electron chi connectivity index (χ4n) is 2.92. The van der Waals surface area contributed by atoms with E-state index in [9.17, 15) is 4.79 Å². The van der Waals surface area contributed by atoms with E-state index in [4.69, 9.17) is 23.2 Å². The molecular formula is C20H15Cl2N5O. The zero-order chi connectivity index (χ0) is 19.7. The average molecular weight is 412 g/mol. The number of H-pyrrole nitrogens is 2. The van der Waals surface area contributed by atoms with Crippen LogP contribution in [0.1, 0.15) is 21.7 Å². The summed E-state index contributed by atoms with van der Waals surface area (Å²) < 4.78 is 0. The van der Waals surface area contributed by atoms with Crippen molar-refractivity contribution in [2.75, 3.05) is 0 Å². The summed E-state index contributed by atoms with van der Waals surface area (Å²) in [5.74, 6) is -0.396. The molecule has 0 aliphatic carbocycles. The van der Waals surface area contributed by atoms with E-state index in [1.165, 1.54) is 0 Å². The molecule has 6 nitrogen and oxygen atoms in total. The summed E-state index contributed by atoms with van der Waals surface area (Å²) in [4.78, 5) is 15.6. The van der Waals surface area contributed by atoms with E-state index in [0.717, 1.165) is 27.7 Å². The van der Waals surface area contributed by atoms with Crippen molar-refractivity contribution in [1.82, 2.24) is 20.6 Å². The molecule has 140 valence electrons. The Morgan fingerprint density at radius 3 is 2.79 bits per heavy atom. The molecule has 4 rings (SSSR count). The van der Waals surface area contributed by atoms with E-state index in [1.807, 2.05) is 31.2 Å². The van der Waals surface area contributed by atoms with Crippen molar-refractivity contribution in [1.29, 1.82) is 0 Å². The van der Waals surface area contributed by atoms with Crippen LogP contribution in [0.5, 0.6) is 0 Å². The molecule has 2 heterocycles. The second-order valence-electron chi connectivity index (χ2n) is 6.20. The highest BCUT2D eigenvalue weighted by molar-refractivity contribution is 6.42. The molecule has 2 aromatic carbocycles. The van der Waals surface area contributed by atoms with E-state index in [0.29, 0.717) is 15.7 Å². The van der Waals surface area contributed by atoms with Gasteiger partial charge in [0, 0.05) is 27.7 Å². The Bertz CT molecular complexity index is 1210. The minimum atomic E-state index is -0.396. The highest BCUT2D eigenvalue weighted by Gasteiger charge is 2.12. The molecule has 0 fully saturated rings. The quantitative estimate of drug-likeness (QED) is 0.328. The first-order valence-electron chi connectivity index (χ1n) is 8.44. The molecule has 0 atom stereocenters. The molecule has 0 aliphatic heterocycles. The van der Waals surface area contributed by atoms with Crippen molar-refractivity contribution < 1.29 is 4.79 Å². The highest BCUT2D eigenvalue weighted by atomic mass is 35.5. The van der Waals surface area contributed by atoms with E-state index >= 15 is 0 Å². The Morgan fingerprint density at radius 2 is 1.96 bits per heavy atom. The first-order chi connectivity index (χ1) is 13.5. The molecular weight excluding hydrogens is 397 g/mol. The number of aryl methyl sites for hydroxylation is 1. The van der Waals surface area contributed by atoms with Gasteiger partial charge in [0.25, 0.3) is 5.91 Å². The van der Waals surface area contributed by atoms with Crippen molar-refractivity contribution >= 4 is 46.2 Å². The molecule has 4 aromatic rings. The van der Waals surface area contributed by atoms with E-state index in [1.54, 1.807) is 30.5 Å². The molecule has 28 heavy (non-hydrogen) atoms. The number of aromatic nitrogens is 3. The largest absolute Gasteiger partial charge is 0.358 e. The Kier molecular flexibility index (Phi) is 4.90. The van der Waals surface area contributed by atoms with Crippen LogP contribution in [0.25, 0.3) is 22.2 Å². The van der Waals surface area contributed by atoms with Crippen molar-refractivity contribution in [3.63, 3.8) is 0 Å². The summed E-state index contributed by atoms with van der Waals surface area (Å²) in [6, 6.07) is 14.7. The maximum atomic E-state index is 12.3. The maximum Gasteiger partial charge on any atom is 0.289 e. The molecule has 0 saturated heterocycles. The van der Waals surface area contributed by atoms with Gasteiger partial charge in [-0.3, -0.25) is 9.89 Å². The Hall–Kier alpha value is -3.09. The van der Waals surface area contributed by atoms with E-state index in [-0.39, 0.29) is 5.69 Å². The first kappa shape index (κ1) is 18.3. The number of hydrogen-bond acceptors (Lipinski definition) is 3. The van der Waals surface area contributed by atoms with Gasteiger partial charge >= 0.3 is 0 Å². The number of aromatic amines is 2. The summed E-state index contributed by atoms with van der Waals surface area (Å²) in [6.45, 7) is 1.96. The second-order valence-corrected chi connectivity index (χ2v) is 7.02. The van der Waals surface area contributed by atoms with Gasteiger partial charge in [0.1, 0.15) is 5.69 Å². The summed E-state index contributed by atoms with van der Waals surface area (Å²) in [5.41, 5.74) is 7.06. The van der Waals surface area contributed by atoms with Gasteiger partial charge in [0.05, 0.1) is 22.0 Å². The molecule has 1 amide bonds. The molecule has 2 aromatic heterocycles. The third-order valence-electron chi connectivity index (χ3n) is 4.34. The number of benzene rings is 2. The van der Waals surface area contributed by atoms with Crippen LogP contribution in [0.2, 0.25) is 10.0 Å². The number of para-hydroxylation sites is 1. The minimum absolute atomic E-state index is 0.286. The van der Waals surface area contributed by atoms with Crippen LogP contribution < -0.4 is 5.43 Å². The number of nitrogens with zero attached hydrogens (tertiary/aromatic N) is 2. The first-order valence-corrected chi connectivity index (χ1v) is 9.20. The van der Waals surface area contributed by atoms with E-state index < -0.39 is 5.91 Å². The van der Waals surface area contributed by atoms with Gasteiger partial charge in [-0.25, -0.2) is 5.43 Å². The minimum Gasteiger partial charge on any atom is -0.358 e. The monoisotopic (exact) mass is 411 g/mol. The Balaban J connectivity index is 1.50. The fourth-order valence-corrected chi connectivity index (χ4v) is 3.22. The van der Waals surface area contributed by atoms with Crippen molar-refractivity contribution in [2.24, 2.45) is 5.10 Å². The number of amides is 1. The number of halogens is 2. The number of hydrazone groups is 1. The van der Waals surface area contributed by atoms with Gasteiger partial charge in [-0.05, 0) is 31.2 Å². The molecule has 0 saturated carbocycles. The number of carbonyl (C=O) groups is 1. The molecule has 0 aliphatic rings. The van der Waals surface area contributed by atoms with Gasteiger partial charge in [-0.1, -0.05) is 47.5 Å². The standard InChI is InChI=1S/C20H15Cl2N5O/c1-11-14(13-4-2-3-5-17(13)24-11)10-23-27-20(28)19-9-18(25-26-19)12-6-7-15(21)16(22)8-12/h2-10,24H,1H3,(H,25,26)(H,27,28). The number of fused-ring (bicyclic) bond motifs is 1. The summed E-state index contributed by atoms with van der Waals surface area (Å²) in [6.07, 6.45) is 1.63. The maximum absolute atomic E-state index is 12.3. The van der Waals surface area contributed by atoms with Crippen LogP contribution in [0.3, 0.4) is 0 Å². The van der Waals surface area contributed by atoms with Gasteiger partial charge in [0.2, 0.25) is 0 Å². The zero-order valence-corrected chi connectivity index (χ0v) is 16.3. The topological polar surface area (TPSA) is 85.9 Å². The van der Waals surface area contributed by atoms with Crippen LogP contribution in [0.4, 0.5) is 0 Å². The molecule has 3 N–H and O–H groups in total. The SMILES string of the molecule is Cc1[nH]c2ccccc2c1C=NNC(=O)c1cc(-c2ccc(Cl)c(Cl)c2)n[nH]1. The van der Waals surface area contributed by atoms with Gasteiger partial charge in [0.15, 0.2) is 0 Å². The third-order valence-corrected chi connectivity index (χ3v) is 5.08. The van der Waals surface area contributed by atoms with Crippen LogP contribution >= 0.6 is 23.2 Å². The smallest absolute Gasteiger partial charge is 0.289 e. The average Bonchev–Trinajstić information content (AvgIpc) is 3.29. The summed E-state index contributed by atoms with van der Waals surface area (Å²) in [7, 11) is 0. The predicted molar refractivity (Wildman–Crippen MR) is 112 cm³/mol. The molecule has 0 unspecified atom stereocenters. The Morgan fingerprint density at radius 1 is 1.14 bits per heavy atom. The molecule has 0 radical (unpaired) electrons. The summed E-state index contributed by atoms with van der Waals surface area (Å²) >= 11 is 12.0. The number of rotatable bonds is 4. The lowest BCUT2D eigenvalue weighted by atomic mass is 10.1. The van der Waals surface area contributed by atoms with Crippen molar-refractivity contribution in [3.8, 4) is 11.3 Å². The van der Waals surface area contributed by atoms with Gasteiger partial charge in [-0.2, -0.15) is 10.2 Å². The lowest BCUT2D eigenvalue weighted by molar-refractivity contribution is 0.0950. The number of carbonyl (C=O) groups excluding carboxylic acids is 1. The number of hydrogen-bond donors (Lipinski definition) is 3. The Labute approximate surface area is 170 Å². The summed E-state index contributed by atoms with van der Waals surface area (Å²) in [5, 5.41) is 12.9. The van der Waals surface area contributed by atoms with E-state index in [2.05, 4.69) is 25.7 Å². The highest BCUT2D eigenvalue weighted by Crippen LogP contribution is 2.27. The number of nitrogens with one attached hydrogen (secondary N) is 3. The normalized spacial score (nSPS) is 11.4. The van der Waals surface area contributed by atoms with Crippen LogP contribution in [-0.4, -0.2) is 27.3 Å². The van der Waals surface area contributed by atoms with Crippen molar-refractivity contribution in [3.05, 3.63) is 75.5 Å². The fraction of sp³-hybridized carbons (Fsp3) is 0.0500. The lowest BCUT2D eigenvalue weighted by Gasteiger charge is -1.99. The third kappa shape index (κ3) is 3.52. The van der Waals surface area contributed by atoms with Gasteiger partial charge in [-0.15, -0.1) is 0 Å². The van der Waals surface area contributed by atoms with Crippen LogP contribution in [-0.2, 0) is 0 Å². The van der Waals surface area contributed by atoms with Crippen LogP contribution in [0.15, 0.2) is 53.6 Å². The van der Waals surface area contributed by atoms with Crippen LogP contribution in [0, 0.1) is 6.92 Å². The van der Waals surface area contributed by atoms with Crippen molar-refractivity contribution in [2.45, 2.75) is 6.92 Å². The predicted octanol–water partition coefficient (Wildman–Crippen LogP) is 4.94. The molecule has 0 spiro atoms. The molecule has 0 bridgehead atoms. The van der Waals surface area contributed by atoms with Gasteiger partial charge < -0.3 is 4.98 Å². The lowest BCUT2D eigenvalue weighted by Crippen LogP contribution is -2.18. The molecule has 8 heteroatoms. The zero-order valence-electron chi connectivity index (χ0n) is 14.8.